The first-order valence-corrected chi connectivity index (χ1v) is 14.6. The van der Waals surface area contributed by atoms with Crippen molar-refractivity contribution in [3.63, 3.8) is 0 Å². The summed E-state index contributed by atoms with van der Waals surface area (Å²) in [5.74, 6) is -4.60. The van der Waals surface area contributed by atoms with E-state index in [-0.39, 0.29) is 30.5 Å². The molecule has 5 rings (SSSR count). The number of aliphatic hydroxyl groups is 1. The number of hydrogen-bond acceptors (Lipinski definition) is 9. The predicted octanol–water partition coefficient (Wildman–Crippen LogP) is 2.61. The maximum Gasteiger partial charge on any atom is 0.352 e. The fourth-order valence-electron chi connectivity index (χ4n) is 6.41. The van der Waals surface area contributed by atoms with Gasteiger partial charge in [-0.3, -0.25) is 9.69 Å². The number of carbonyl (C=O) groups excluding carboxylic acids is 3. The molecule has 0 radical (unpaired) electrons. The van der Waals surface area contributed by atoms with Crippen molar-refractivity contribution in [2.45, 2.75) is 37.1 Å². The summed E-state index contributed by atoms with van der Waals surface area (Å²) in [5.41, 5.74) is 1.42. The van der Waals surface area contributed by atoms with Crippen LogP contribution in [0.3, 0.4) is 0 Å². The molecule has 3 unspecified atom stereocenters. The zero-order valence-electron chi connectivity index (χ0n) is 24.9. The number of hydrogen-bond donors (Lipinski definition) is 2. The molecule has 2 saturated heterocycles. The van der Waals surface area contributed by atoms with Gasteiger partial charge >= 0.3 is 18.0 Å². The van der Waals surface area contributed by atoms with Crippen LogP contribution in [0.5, 0.6) is 0 Å². The second kappa shape index (κ2) is 13.7. The standard InChI is InChI=1S/C31H34F2N6O6/c1-44-17-24-27(29(41)45-2)28(18-7-8-21(32)22(33)13-18)39(31(43)36-24)30(42)35-23-15-38(16-26(23)40)20-9-11-37(12-10-20)25-6-4-3-5-19(25)14-34/h3-8,13,20,23,26-28,40H,9-12,15-17H2,1-2H3,(H,35,42)/t23?,26?,27?,28-/m0/s1. The molecule has 3 heterocycles. The smallest absolute Gasteiger partial charge is 0.352 e. The lowest BCUT2D eigenvalue weighted by molar-refractivity contribution is -0.144. The number of ether oxygens (including phenoxy) is 2. The van der Waals surface area contributed by atoms with Crippen LogP contribution >= 0.6 is 0 Å². The lowest BCUT2D eigenvalue weighted by Gasteiger charge is -2.38. The third kappa shape index (κ3) is 6.51. The lowest BCUT2D eigenvalue weighted by Crippen LogP contribution is -2.56. The lowest BCUT2D eigenvalue weighted by atomic mass is 9.86. The second-order valence-corrected chi connectivity index (χ2v) is 11.2. The first kappa shape index (κ1) is 32.0. The molecular weight excluding hydrogens is 590 g/mol. The Morgan fingerprint density at radius 2 is 1.84 bits per heavy atom. The molecule has 0 bridgehead atoms. The van der Waals surface area contributed by atoms with E-state index in [1.165, 1.54) is 13.2 Å². The van der Waals surface area contributed by atoms with Gasteiger partial charge in [0, 0.05) is 39.3 Å². The molecule has 2 N–H and O–H groups in total. The molecular formula is C31H34F2N6O6. The monoisotopic (exact) mass is 624 g/mol. The number of esters is 1. The number of rotatable bonds is 7. The maximum absolute atomic E-state index is 14.4. The van der Waals surface area contributed by atoms with Crippen molar-refractivity contribution in [2.24, 2.45) is 10.9 Å². The Balaban J connectivity index is 1.33. The van der Waals surface area contributed by atoms with Crippen molar-refractivity contribution in [2.75, 3.05) is 51.9 Å². The Kier molecular flexibility index (Phi) is 9.71. The van der Waals surface area contributed by atoms with Crippen molar-refractivity contribution in [1.29, 1.82) is 5.26 Å². The van der Waals surface area contributed by atoms with Crippen molar-refractivity contribution in [3.05, 3.63) is 65.2 Å². The summed E-state index contributed by atoms with van der Waals surface area (Å²) in [5, 5.41) is 23.1. The van der Waals surface area contributed by atoms with E-state index >= 15 is 0 Å². The Hall–Kier alpha value is -4.45. The summed E-state index contributed by atoms with van der Waals surface area (Å²) in [7, 11) is 2.45. The van der Waals surface area contributed by atoms with Gasteiger partial charge in [0.15, 0.2) is 11.6 Å². The zero-order chi connectivity index (χ0) is 32.2. The van der Waals surface area contributed by atoms with Crippen molar-refractivity contribution < 1.29 is 37.7 Å². The number of halogens is 2. The van der Waals surface area contributed by atoms with Crippen molar-refractivity contribution in [3.8, 4) is 6.07 Å². The van der Waals surface area contributed by atoms with Gasteiger partial charge in [-0.15, -0.1) is 0 Å². The minimum atomic E-state index is -1.43. The van der Waals surface area contributed by atoms with Gasteiger partial charge in [-0.05, 0) is 42.7 Å². The van der Waals surface area contributed by atoms with Crippen LogP contribution in [0, 0.1) is 28.9 Å². The Bertz CT molecular complexity index is 1520. The molecule has 2 fully saturated rings. The average molecular weight is 625 g/mol. The number of anilines is 1. The molecule has 3 aliphatic rings. The molecule has 0 spiro atoms. The Morgan fingerprint density at radius 3 is 2.51 bits per heavy atom. The number of nitrogens with zero attached hydrogens (tertiary/aromatic N) is 5. The third-order valence-corrected chi connectivity index (χ3v) is 8.62. The number of amides is 4. The molecule has 0 aliphatic carbocycles. The van der Waals surface area contributed by atoms with Crippen LogP contribution < -0.4 is 10.2 Å². The number of aliphatic imine (C=N–C) groups is 1. The number of urea groups is 2. The average Bonchev–Trinajstić information content (AvgIpc) is 3.41. The number of aliphatic hydroxyl groups excluding tert-OH is 1. The van der Waals surface area contributed by atoms with Gasteiger partial charge in [-0.25, -0.2) is 23.3 Å². The Labute approximate surface area is 258 Å². The topological polar surface area (TPSA) is 148 Å². The molecule has 12 nitrogen and oxygen atoms in total. The molecule has 0 aromatic heterocycles. The highest BCUT2D eigenvalue weighted by Gasteiger charge is 2.48. The first-order valence-electron chi connectivity index (χ1n) is 14.6. The number of imide groups is 1. The van der Waals surface area contributed by atoms with Gasteiger partial charge in [0.25, 0.3) is 0 Å². The zero-order valence-corrected chi connectivity index (χ0v) is 24.9. The maximum atomic E-state index is 14.4. The number of nitriles is 1. The largest absolute Gasteiger partial charge is 0.468 e. The second-order valence-electron chi connectivity index (χ2n) is 11.2. The molecule has 4 amide bonds. The molecule has 238 valence electrons. The van der Waals surface area contributed by atoms with E-state index in [1.54, 1.807) is 6.07 Å². The molecule has 3 aliphatic heterocycles. The summed E-state index contributed by atoms with van der Waals surface area (Å²) in [6.45, 7) is 1.75. The van der Waals surface area contributed by atoms with Gasteiger partial charge in [0.2, 0.25) is 0 Å². The summed E-state index contributed by atoms with van der Waals surface area (Å²) >= 11 is 0. The van der Waals surface area contributed by atoms with E-state index in [1.807, 2.05) is 18.2 Å². The van der Waals surface area contributed by atoms with Crippen LogP contribution in [0.2, 0.25) is 0 Å². The number of para-hydroxylation sites is 1. The van der Waals surface area contributed by atoms with Gasteiger partial charge in [0.1, 0.15) is 12.0 Å². The fourth-order valence-corrected chi connectivity index (χ4v) is 6.41. The number of benzene rings is 2. The van der Waals surface area contributed by atoms with E-state index in [0.29, 0.717) is 30.1 Å². The minimum Gasteiger partial charge on any atom is -0.468 e. The SMILES string of the molecule is COCC1=NC(=O)N(C(=O)NC2CN(C3CCN(c4ccccc4C#N)CC3)CC2O)[C@@H](c2ccc(F)c(F)c2)C1C(=O)OC. The third-order valence-electron chi connectivity index (χ3n) is 8.62. The van der Waals surface area contributed by atoms with E-state index in [4.69, 9.17) is 9.47 Å². The van der Waals surface area contributed by atoms with Crippen LogP contribution in [0.1, 0.15) is 30.0 Å². The van der Waals surface area contributed by atoms with Crippen molar-refractivity contribution in [1.82, 2.24) is 15.1 Å². The number of carbonyl (C=O) groups is 3. The molecule has 2 aromatic rings. The summed E-state index contributed by atoms with van der Waals surface area (Å²) < 4.78 is 38.3. The minimum absolute atomic E-state index is 0.0327. The summed E-state index contributed by atoms with van der Waals surface area (Å²) in [6.07, 6.45) is 0.582. The summed E-state index contributed by atoms with van der Waals surface area (Å²) in [6, 6.07) is 8.40. The number of β-amino-alcohol motifs (C(OH)–C–C–N with tert-alkyl or cyclic N) is 1. The highest BCUT2D eigenvalue weighted by Crippen LogP contribution is 2.36. The van der Waals surface area contributed by atoms with Gasteiger partial charge in [0.05, 0.1) is 48.9 Å². The molecule has 14 heteroatoms. The summed E-state index contributed by atoms with van der Waals surface area (Å²) in [4.78, 5) is 48.8. The van der Waals surface area contributed by atoms with Crippen LogP contribution in [0.25, 0.3) is 0 Å². The van der Waals surface area contributed by atoms with Crippen LogP contribution in [-0.2, 0) is 14.3 Å². The van der Waals surface area contributed by atoms with Crippen LogP contribution in [-0.4, -0.2) is 104 Å². The first-order chi connectivity index (χ1) is 21.7. The van der Waals surface area contributed by atoms with Crippen LogP contribution in [0.4, 0.5) is 24.1 Å². The van der Waals surface area contributed by atoms with Gasteiger partial charge in [-0.2, -0.15) is 10.3 Å². The quantitative estimate of drug-likeness (QED) is 0.444. The highest BCUT2D eigenvalue weighted by atomic mass is 19.2. The number of methoxy groups -OCH3 is 2. The van der Waals surface area contributed by atoms with Gasteiger partial charge < -0.3 is 24.8 Å². The molecule has 45 heavy (non-hydrogen) atoms. The molecule has 0 saturated carbocycles. The van der Waals surface area contributed by atoms with E-state index in [2.05, 4.69) is 26.2 Å². The highest BCUT2D eigenvalue weighted by molar-refractivity contribution is 6.12. The van der Waals surface area contributed by atoms with Crippen molar-refractivity contribution >= 4 is 29.4 Å². The number of piperidine rings is 1. The van der Waals surface area contributed by atoms with E-state index in [9.17, 15) is 33.5 Å². The van der Waals surface area contributed by atoms with E-state index in [0.717, 1.165) is 37.8 Å². The molecule has 2 aromatic carbocycles. The molecule has 4 atom stereocenters. The fraction of sp³-hybridized carbons (Fsp3) is 0.452. The number of likely N-dealkylation sites (tertiary alicyclic amines) is 1. The normalized spacial score (nSPS) is 24.3. The Morgan fingerprint density at radius 1 is 1.11 bits per heavy atom. The number of nitrogens with one attached hydrogen (secondary N) is 1. The predicted molar refractivity (Wildman–Crippen MR) is 157 cm³/mol. The van der Waals surface area contributed by atoms with E-state index < -0.39 is 53.8 Å². The van der Waals surface area contributed by atoms with Crippen LogP contribution in [0.15, 0.2) is 47.5 Å². The van der Waals surface area contributed by atoms with Gasteiger partial charge in [-0.1, -0.05) is 18.2 Å².